The summed E-state index contributed by atoms with van der Waals surface area (Å²) in [6, 6.07) is 10.1. The number of aliphatic hydroxyl groups excluding tert-OH is 3. The van der Waals surface area contributed by atoms with Crippen molar-refractivity contribution < 1.29 is 54.1 Å². The van der Waals surface area contributed by atoms with Crippen LogP contribution >= 0.6 is 0 Å². The van der Waals surface area contributed by atoms with Crippen LogP contribution in [0.1, 0.15) is 26.3 Å². The van der Waals surface area contributed by atoms with Gasteiger partial charge in [-0.3, -0.25) is 4.79 Å². The molecule has 2 aromatic carbocycles. The summed E-state index contributed by atoms with van der Waals surface area (Å²) < 4.78 is 16.0. The van der Waals surface area contributed by atoms with Crippen LogP contribution in [-0.4, -0.2) is 74.5 Å². The Morgan fingerprint density at radius 3 is 2.25 bits per heavy atom. The third-order valence-electron chi connectivity index (χ3n) is 4.77. The lowest BCUT2D eigenvalue weighted by atomic mass is 9.99. The number of carboxylic acid groups (broad SMARTS) is 2. The quantitative estimate of drug-likeness (QED) is 0.344. The van der Waals surface area contributed by atoms with Crippen LogP contribution in [0.15, 0.2) is 42.5 Å². The van der Waals surface area contributed by atoms with Gasteiger partial charge < -0.3 is 39.7 Å². The van der Waals surface area contributed by atoms with Gasteiger partial charge in [-0.1, -0.05) is 12.1 Å². The molecule has 5 atom stereocenters. The number of carbonyl (C=O) groups is 3. The van der Waals surface area contributed by atoms with Crippen LogP contribution in [0.2, 0.25) is 0 Å². The lowest BCUT2D eigenvalue weighted by molar-refractivity contribution is -0.271. The van der Waals surface area contributed by atoms with Crippen molar-refractivity contribution in [3.8, 4) is 11.5 Å². The van der Waals surface area contributed by atoms with Gasteiger partial charge >= 0.3 is 11.9 Å². The summed E-state index contributed by atoms with van der Waals surface area (Å²) in [7, 11) is 0. The topological polar surface area (TPSA) is 180 Å². The second kappa shape index (κ2) is 9.75. The molecular weight excluding hydrogens is 428 g/mol. The lowest BCUT2D eigenvalue weighted by Crippen LogP contribution is -2.61. The maximum atomic E-state index is 11.5. The van der Waals surface area contributed by atoms with E-state index in [0.29, 0.717) is 11.8 Å². The van der Waals surface area contributed by atoms with Gasteiger partial charge in [-0.15, -0.1) is 0 Å². The zero-order valence-electron chi connectivity index (χ0n) is 16.4. The van der Waals surface area contributed by atoms with Crippen LogP contribution < -0.4 is 9.47 Å². The largest absolute Gasteiger partial charge is 0.489 e. The Hall–Kier alpha value is -3.51. The predicted molar refractivity (Wildman–Crippen MR) is 105 cm³/mol. The predicted octanol–water partition coefficient (Wildman–Crippen LogP) is 0.0473. The summed E-state index contributed by atoms with van der Waals surface area (Å²) in [5.41, 5.74) is 0.814. The molecule has 2 aromatic rings. The van der Waals surface area contributed by atoms with Crippen molar-refractivity contribution in [1.82, 2.24) is 0 Å². The number of hydrogen-bond acceptors (Lipinski definition) is 9. The normalized spacial score (nSPS) is 25.0. The fourth-order valence-corrected chi connectivity index (χ4v) is 3.00. The van der Waals surface area contributed by atoms with Crippen LogP contribution in [-0.2, 0) is 16.1 Å². The van der Waals surface area contributed by atoms with Gasteiger partial charge in [0, 0.05) is 0 Å². The average molecular weight is 448 g/mol. The van der Waals surface area contributed by atoms with Crippen molar-refractivity contribution in [3.05, 3.63) is 59.2 Å². The Morgan fingerprint density at radius 1 is 0.969 bits per heavy atom. The third kappa shape index (κ3) is 5.03. The zero-order valence-corrected chi connectivity index (χ0v) is 16.4. The van der Waals surface area contributed by atoms with Gasteiger partial charge in [-0.05, 0) is 35.9 Å². The van der Waals surface area contributed by atoms with Crippen molar-refractivity contribution in [2.45, 2.75) is 37.3 Å². The molecule has 3 unspecified atom stereocenters. The molecular formula is C21H20O11. The van der Waals surface area contributed by atoms with Crippen molar-refractivity contribution >= 4 is 18.2 Å². The fourth-order valence-electron chi connectivity index (χ4n) is 3.00. The highest BCUT2D eigenvalue weighted by molar-refractivity contribution is 5.87. The lowest BCUT2D eigenvalue weighted by Gasteiger charge is -2.38. The number of aldehydes is 1. The van der Waals surface area contributed by atoms with Gasteiger partial charge in [0.2, 0.25) is 6.29 Å². The van der Waals surface area contributed by atoms with Crippen LogP contribution in [0.3, 0.4) is 0 Å². The minimum Gasteiger partial charge on any atom is -0.489 e. The molecule has 0 aliphatic carbocycles. The number of aromatic carboxylic acids is 1. The minimum atomic E-state index is -1.87. The highest BCUT2D eigenvalue weighted by Gasteiger charge is 2.48. The highest BCUT2D eigenvalue weighted by Crippen LogP contribution is 2.29. The van der Waals surface area contributed by atoms with Gasteiger partial charge in [0.1, 0.15) is 36.4 Å². The number of aliphatic hydroxyl groups is 3. The van der Waals surface area contributed by atoms with E-state index >= 15 is 0 Å². The first-order valence-corrected chi connectivity index (χ1v) is 9.34. The summed E-state index contributed by atoms with van der Waals surface area (Å²) in [5, 5.41) is 47.6. The van der Waals surface area contributed by atoms with Crippen LogP contribution in [0, 0.1) is 0 Å². The molecule has 1 saturated heterocycles. The highest BCUT2D eigenvalue weighted by atomic mass is 16.7. The van der Waals surface area contributed by atoms with Crippen LogP contribution in [0.25, 0.3) is 0 Å². The van der Waals surface area contributed by atoms with Crippen molar-refractivity contribution in [1.29, 1.82) is 0 Å². The molecule has 1 aliphatic rings. The molecule has 0 bridgehead atoms. The molecule has 11 nitrogen and oxygen atoms in total. The zero-order chi connectivity index (χ0) is 23.4. The second-order valence-corrected chi connectivity index (χ2v) is 6.96. The van der Waals surface area contributed by atoms with Crippen molar-refractivity contribution in [3.63, 3.8) is 0 Å². The van der Waals surface area contributed by atoms with E-state index < -0.39 is 42.6 Å². The molecule has 1 heterocycles. The Kier molecular flexibility index (Phi) is 7.05. The minimum absolute atomic E-state index is 0.00740. The van der Waals surface area contributed by atoms with Gasteiger partial charge in [-0.2, -0.15) is 0 Å². The molecule has 5 N–H and O–H groups in total. The second-order valence-electron chi connectivity index (χ2n) is 6.96. The molecule has 0 aromatic heterocycles. The molecule has 0 amide bonds. The van der Waals surface area contributed by atoms with Gasteiger partial charge in [0.25, 0.3) is 0 Å². The molecule has 11 heteroatoms. The fraction of sp³-hybridized carbons (Fsp3) is 0.286. The SMILES string of the molecule is O=Cc1cc(OCc2ccc(C(=O)O)cc2)ccc1O[C@@H]1OC(C(=O)O)[C@@H](O)C(O)C1O. The smallest absolute Gasteiger partial charge is 0.335 e. The summed E-state index contributed by atoms with van der Waals surface area (Å²) in [6.45, 7) is 0.0905. The third-order valence-corrected chi connectivity index (χ3v) is 4.77. The molecule has 32 heavy (non-hydrogen) atoms. The summed E-state index contributed by atoms with van der Waals surface area (Å²) in [6.07, 6.45) is -8.54. The maximum Gasteiger partial charge on any atom is 0.335 e. The molecule has 0 saturated carbocycles. The Balaban J connectivity index is 1.70. The van der Waals surface area contributed by atoms with Crippen molar-refractivity contribution in [2.75, 3.05) is 0 Å². The summed E-state index contributed by atoms with van der Waals surface area (Å²) >= 11 is 0. The van der Waals surface area contributed by atoms with Crippen molar-refractivity contribution in [2.24, 2.45) is 0 Å². The van der Waals surface area contributed by atoms with Crippen LogP contribution in [0.4, 0.5) is 0 Å². The van der Waals surface area contributed by atoms with E-state index in [1.54, 1.807) is 12.1 Å². The number of ether oxygens (including phenoxy) is 3. The van der Waals surface area contributed by atoms with Gasteiger partial charge in [0.05, 0.1) is 11.1 Å². The number of carboxylic acids is 2. The van der Waals surface area contributed by atoms with Gasteiger partial charge in [-0.25, -0.2) is 9.59 Å². The van der Waals surface area contributed by atoms with E-state index in [4.69, 9.17) is 24.4 Å². The number of carbonyl (C=O) groups excluding carboxylic acids is 1. The first-order chi connectivity index (χ1) is 15.2. The number of benzene rings is 2. The van der Waals surface area contributed by atoms with E-state index in [1.807, 2.05) is 0 Å². The molecule has 1 fully saturated rings. The number of hydrogen-bond donors (Lipinski definition) is 5. The molecule has 1 aliphatic heterocycles. The Morgan fingerprint density at radius 2 is 1.66 bits per heavy atom. The molecule has 0 radical (unpaired) electrons. The summed E-state index contributed by atoms with van der Waals surface area (Å²) in [4.78, 5) is 33.6. The monoisotopic (exact) mass is 448 g/mol. The number of rotatable bonds is 8. The molecule has 0 spiro atoms. The average Bonchev–Trinajstić information content (AvgIpc) is 2.78. The summed E-state index contributed by atoms with van der Waals surface area (Å²) in [5.74, 6) is -2.40. The first-order valence-electron chi connectivity index (χ1n) is 9.34. The first kappa shape index (κ1) is 23.2. The van der Waals surface area contributed by atoms with Crippen LogP contribution in [0.5, 0.6) is 11.5 Å². The molecule has 3 rings (SSSR count). The Bertz CT molecular complexity index is 988. The van der Waals surface area contributed by atoms with E-state index in [1.165, 1.54) is 30.3 Å². The van der Waals surface area contributed by atoms with Gasteiger partial charge in [0.15, 0.2) is 12.4 Å². The van der Waals surface area contributed by atoms with E-state index in [2.05, 4.69) is 0 Å². The van der Waals surface area contributed by atoms with E-state index in [0.717, 1.165) is 0 Å². The maximum absolute atomic E-state index is 11.5. The van der Waals surface area contributed by atoms with E-state index in [-0.39, 0.29) is 29.2 Å². The number of aliphatic carboxylic acids is 1. The molecule has 170 valence electrons. The Labute approximate surface area is 181 Å². The standard InChI is InChI=1S/C21H20O11/c22-8-12-7-13(30-9-10-1-3-11(4-2-10)19(26)27)5-6-14(12)31-21-17(25)15(23)16(24)18(32-21)20(28)29/h1-8,15-18,21,23-25H,9H2,(H,26,27)(H,28,29)/t15?,16-,17?,18?,21+/m0/s1. The van der Waals surface area contributed by atoms with E-state index in [9.17, 15) is 29.7 Å².